The van der Waals surface area contributed by atoms with Crippen molar-refractivity contribution in [2.75, 3.05) is 6.61 Å². The van der Waals surface area contributed by atoms with Crippen molar-refractivity contribution in [3.8, 4) is 0 Å². The fraction of sp³-hybridized carbons (Fsp3) is 0.278. The van der Waals surface area contributed by atoms with Gasteiger partial charge >= 0.3 is 5.97 Å². The summed E-state index contributed by atoms with van der Waals surface area (Å²) < 4.78 is 30.7. The molecule has 2 aromatic rings. The molecule has 0 radical (unpaired) electrons. The van der Waals surface area contributed by atoms with Gasteiger partial charge in [0.05, 0.1) is 53.7 Å². The molecule has 0 aliphatic carbocycles. The molecule has 0 bridgehead atoms. The zero-order valence-electron chi connectivity index (χ0n) is 13.5. The van der Waals surface area contributed by atoms with Crippen molar-refractivity contribution in [3.63, 3.8) is 0 Å². The molecule has 2 aromatic carbocycles. The Morgan fingerprint density at radius 1 is 0.958 bits per heavy atom. The molecule has 0 fully saturated rings. The lowest BCUT2D eigenvalue weighted by Gasteiger charge is -2.21. The van der Waals surface area contributed by atoms with Crippen LogP contribution in [-0.4, -0.2) is 21.0 Å². The fourth-order valence-corrected chi connectivity index (χ4v) is 6.03. The molecule has 0 saturated heterocycles. The molecule has 1 aliphatic rings. The Morgan fingerprint density at radius 2 is 1.54 bits per heavy atom. The highest BCUT2D eigenvalue weighted by Gasteiger charge is 2.29. The standard InChI is InChI=1S/C18H18O4S2/c1-3-13(18(19)22-4-2)12-9-10-16-17(11-12)24(21)15-8-6-5-7-14(15)23(16)20/h5-11,13H,3-4H2,1-2H3. The van der Waals surface area contributed by atoms with Gasteiger partial charge in [0.25, 0.3) is 0 Å². The number of rotatable bonds is 4. The van der Waals surface area contributed by atoms with E-state index in [9.17, 15) is 13.2 Å². The third kappa shape index (κ3) is 2.84. The van der Waals surface area contributed by atoms with Crippen LogP contribution in [-0.2, 0) is 31.1 Å². The highest BCUT2D eigenvalue weighted by Crippen LogP contribution is 2.37. The van der Waals surface area contributed by atoms with Gasteiger partial charge in [-0.3, -0.25) is 4.79 Å². The van der Waals surface area contributed by atoms with Crippen LogP contribution in [0.3, 0.4) is 0 Å². The SMILES string of the molecule is CCOC(=O)C(CC)c1ccc2c(c1)S(=O)c1ccccc1S2=O. The van der Waals surface area contributed by atoms with Crippen LogP contribution in [0.1, 0.15) is 31.7 Å². The van der Waals surface area contributed by atoms with Crippen LogP contribution < -0.4 is 0 Å². The first-order chi connectivity index (χ1) is 11.6. The smallest absolute Gasteiger partial charge is 0.313 e. The second kappa shape index (κ2) is 6.99. The molecule has 0 N–H and O–H groups in total. The molecular formula is C18H18O4S2. The normalized spacial score (nSPS) is 19.9. The van der Waals surface area contributed by atoms with E-state index in [1.54, 1.807) is 49.4 Å². The average molecular weight is 362 g/mol. The maximum atomic E-state index is 12.9. The predicted molar refractivity (Wildman–Crippen MR) is 91.9 cm³/mol. The van der Waals surface area contributed by atoms with Crippen molar-refractivity contribution >= 4 is 27.6 Å². The second-order valence-corrected chi connectivity index (χ2v) is 8.24. The first-order valence-corrected chi connectivity index (χ1v) is 10.1. The summed E-state index contributed by atoms with van der Waals surface area (Å²) in [5.41, 5.74) is 0.749. The van der Waals surface area contributed by atoms with E-state index < -0.39 is 27.5 Å². The third-order valence-corrected chi connectivity index (χ3v) is 7.26. The zero-order valence-corrected chi connectivity index (χ0v) is 15.1. The van der Waals surface area contributed by atoms with Crippen molar-refractivity contribution in [1.29, 1.82) is 0 Å². The number of carbonyl (C=O) groups excluding carboxylic acids is 1. The van der Waals surface area contributed by atoms with E-state index >= 15 is 0 Å². The highest BCUT2D eigenvalue weighted by molar-refractivity contribution is 7.91. The molecule has 0 aromatic heterocycles. The summed E-state index contributed by atoms with van der Waals surface area (Å²) in [6.45, 7) is 4.00. The molecule has 0 saturated carbocycles. The molecule has 24 heavy (non-hydrogen) atoms. The molecule has 1 aliphatic heterocycles. The van der Waals surface area contributed by atoms with Crippen molar-refractivity contribution in [2.24, 2.45) is 0 Å². The van der Waals surface area contributed by atoms with Crippen LogP contribution >= 0.6 is 0 Å². The Bertz CT molecular complexity index is 845. The van der Waals surface area contributed by atoms with Crippen molar-refractivity contribution in [1.82, 2.24) is 0 Å². The molecule has 1 heterocycles. The quantitative estimate of drug-likeness (QED) is 0.668. The molecule has 0 spiro atoms. The van der Waals surface area contributed by atoms with Crippen molar-refractivity contribution in [3.05, 3.63) is 48.0 Å². The Balaban J connectivity index is 2.07. The fourth-order valence-electron chi connectivity index (χ4n) is 2.81. The third-order valence-electron chi connectivity index (χ3n) is 4.00. The molecule has 3 unspecified atom stereocenters. The number of esters is 1. The lowest BCUT2D eigenvalue weighted by atomic mass is 9.97. The van der Waals surface area contributed by atoms with Crippen LogP contribution in [0.5, 0.6) is 0 Å². The lowest BCUT2D eigenvalue weighted by molar-refractivity contribution is -0.145. The number of fused-ring (bicyclic) bond motifs is 2. The van der Waals surface area contributed by atoms with Gasteiger partial charge in [-0.1, -0.05) is 25.1 Å². The predicted octanol–water partition coefficient (Wildman–Crippen LogP) is 3.39. The zero-order chi connectivity index (χ0) is 17.3. The summed E-state index contributed by atoms with van der Waals surface area (Å²) in [5, 5.41) is 0. The first-order valence-electron chi connectivity index (χ1n) is 7.81. The van der Waals surface area contributed by atoms with E-state index in [1.165, 1.54) is 0 Å². The number of hydrogen-bond donors (Lipinski definition) is 0. The topological polar surface area (TPSA) is 60.4 Å². The van der Waals surface area contributed by atoms with Gasteiger partial charge in [0.1, 0.15) is 0 Å². The van der Waals surface area contributed by atoms with Gasteiger partial charge in [0.2, 0.25) is 0 Å². The molecule has 3 atom stereocenters. The molecule has 126 valence electrons. The first kappa shape index (κ1) is 17.0. The van der Waals surface area contributed by atoms with Gasteiger partial charge in [-0.25, -0.2) is 8.42 Å². The van der Waals surface area contributed by atoms with Crippen LogP contribution in [0.15, 0.2) is 62.0 Å². The number of benzene rings is 2. The summed E-state index contributed by atoms with van der Waals surface area (Å²) in [7, 11) is -2.76. The second-order valence-electron chi connectivity index (χ2n) is 5.40. The number of carbonyl (C=O) groups is 1. The summed E-state index contributed by atoms with van der Waals surface area (Å²) >= 11 is 0. The molecule has 0 amide bonds. The monoisotopic (exact) mass is 362 g/mol. The summed E-state index contributed by atoms with van der Waals surface area (Å²) in [6, 6.07) is 12.3. The summed E-state index contributed by atoms with van der Waals surface area (Å²) in [4.78, 5) is 14.4. The number of hydrogen-bond acceptors (Lipinski definition) is 4. The van der Waals surface area contributed by atoms with E-state index in [-0.39, 0.29) is 5.97 Å². The lowest BCUT2D eigenvalue weighted by Crippen LogP contribution is -2.17. The molecule has 4 nitrogen and oxygen atoms in total. The molecular weight excluding hydrogens is 344 g/mol. The Labute approximate surface area is 146 Å². The number of ether oxygens (including phenoxy) is 1. The average Bonchev–Trinajstić information content (AvgIpc) is 2.60. The van der Waals surface area contributed by atoms with E-state index in [0.717, 1.165) is 5.56 Å². The van der Waals surface area contributed by atoms with Gasteiger partial charge in [0.15, 0.2) is 0 Å². The van der Waals surface area contributed by atoms with Gasteiger partial charge in [-0.15, -0.1) is 0 Å². The van der Waals surface area contributed by atoms with Crippen molar-refractivity contribution < 1.29 is 17.9 Å². The minimum absolute atomic E-state index is 0.289. The molecule has 3 rings (SSSR count). The highest BCUT2D eigenvalue weighted by atomic mass is 32.2. The van der Waals surface area contributed by atoms with Crippen LogP contribution in [0.25, 0.3) is 0 Å². The Kier molecular flexibility index (Phi) is 4.96. The van der Waals surface area contributed by atoms with E-state index in [0.29, 0.717) is 32.6 Å². The maximum absolute atomic E-state index is 12.9. The van der Waals surface area contributed by atoms with Gasteiger partial charge in [-0.05, 0) is 43.2 Å². The van der Waals surface area contributed by atoms with Crippen LogP contribution in [0.4, 0.5) is 0 Å². The summed E-state index contributed by atoms with van der Waals surface area (Å²) in [5.74, 6) is -0.694. The van der Waals surface area contributed by atoms with Crippen LogP contribution in [0, 0.1) is 0 Å². The largest absolute Gasteiger partial charge is 0.466 e. The van der Waals surface area contributed by atoms with Crippen LogP contribution in [0.2, 0.25) is 0 Å². The van der Waals surface area contributed by atoms with Gasteiger partial charge in [-0.2, -0.15) is 0 Å². The van der Waals surface area contributed by atoms with Gasteiger partial charge in [0, 0.05) is 0 Å². The minimum atomic E-state index is -1.40. The summed E-state index contributed by atoms with van der Waals surface area (Å²) in [6.07, 6.45) is 0.587. The van der Waals surface area contributed by atoms with E-state index in [1.807, 2.05) is 6.92 Å². The van der Waals surface area contributed by atoms with Crippen molar-refractivity contribution in [2.45, 2.75) is 45.8 Å². The Hall–Kier alpha value is -1.79. The van der Waals surface area contributed by atoms with E-state index in [2.05, 4.69) is 0 Å². The Morgan fingerprint density at radius 3 is 2.12 bits per heavy atom. The van der Waals surface area contributed by atoms with E-state index in [4.69, 9.17) is 4.74 Å². The maximum Gasteiger partial charge on any atom is 0.313 e. The minimum Gasteiger partial charge on any atom is -0.466 e. The van der Waals surface area contributed by atoms with Gasteiger partial charge < -0.3 is 4.74 Å². The molecule has 6 heteroatoms.